The quantitative estimate of drug-likeness (QED) is 0.492. The molecule has 0 atom stereocenters. The summed E-state index contributed by atoms with van der Waals surface area (Å²) in [5.41, 5.74) is 6.38. The van der Waals surface area contributed by atoms with Gasteiger partial charge in [-0.25, -0.2) is 0 Å². The molecule has 0 radical (unpaired) electrons. The van der Waals surface area contributed by atoms with E-state index in [1.54, 1.807) is 16.7 Å². The van der Waals surface area contributed by atoms with Crippen LogP contribution < -0.4 is 24.5 Å². The molecule has 0 saturated carbocycles. The smallest absolute Gasteiger partial charge is 0.401 e. The number of nitrogens with one attached hydrogen (secondary N) is 1. The summed E-state index contributed by atoms with van der Waals surface area (Å²) in [7, 11) is 0.342. The van der Waals surface area contributed by atoms with E-state index in [0.717, 1.165) is 0 Å². The molecule has 0 aromatic carbocycles. The molecule has 0 spiro atoms. The van der Waals surface area contributed by atoms with Gasteiger partial charge in [-0.05, 0) is 32.7 Å². The van der Waals surface area contributed by atoms with Crippen LogP contribution in [0.5, 0.6) is 0 Å². The van der Waals surface area contributed by atoms with Crippen molar-refractivity contribution in [2.75, 3.05) is 0 Å². The van der Waals surface area contributed by atoms with Gasteiger partial charge in [0.25, 0.3) is 0 Å². The van der Waals surface area contributed by atoms with Crippen molar-refractivity contribution in [2.45, 2.75) is 40.0 Å². The summed E-state index contributed by atoms with van der Waals surface area (Å²) < 4.78 is 0. The molecule has 13 heavy (non-hydrogen) atoms. The second-order valence-corrected chi connectivity index (χ2v) is 2.75. The second-order valence-electron chi connectivity index (χ2n) is 2.75. The first-order valence-corrected chi connectivity index (χ1v) is 4.43. The van der Waals surface area contributed by atoms with E-state index in [0.29, 0.717) is 7.85 Å². The minimum Gasteiger partial charge on any atom is -0.401 e. The van der Waals surface area contributed by atoms with Crippen LogP contribution in [0.4, 0.5) is 0 Å². The summed E-state index contributed by atoms with van der Waals surface area (Å²) in [6.45, 7) is 6.78. The molecule has 3 heteroatoms. The third-order valence-corrected chi connectivity index (χ3v) is 2.15. The fourth-order valence-corrected chi connectivity index (χ4v) is 1.51. The molecule has 0 unspecified atom stereocenters. The molecule has 1 aromatic rings. The van der Waals surface area contributed by atoms with Gasteiger partial charge >= 0.3 is 18.9 Å². The largest absolute Gasteiger partial charge is 1.00 e. The number of H-pyrrole nitrogens is 1. The van der Waals surface area contributed by atoms with Crippen LogP contribution in [0.3, 0.4) is 0 Å². The molecule has 0 aliphatic rings. The van der Waals surface area contributed by atoms with E-state index < -0.39 is 0 Å². The van der Waals surface area contributed by atoms with Crippen LogP contribution in [-0.4, -0.2) is 12.8 Å². The molecule has 0 bridgehead atoms. The number of rotatable bonds is 3. The minimum absolute atomic E-state index is 0. The number of aromatic nitrogens is 1. The van der Waals surface area contributed by atoms with Gasteiger partial charge in [-0.3, -0.25) is 0 Å². The van der Waals surface area contributed by atoms with Gasteiger partial charge < -0.3 is 4.98 Å². The molecular weight excluding hydrogens is 152 g/mol. The van der Waals surface area contributed by atoms with Crippen LogP contribution >= 0.6 is 0 Å². The summed E-state index contributed by atoms with van der Waals surface area (Å²) in [6, 6.07) is 0. The van der Waals surface area contributed by atoms with Crippen LogP contribution in [0, 0.1) is 0 Å². The number of aromatic amines is 1. The Hall–Kier alpha value is -0.0577. The third kappa shape index (κ3) is 2.45. The Morgan fingerprint density at radius 2 is 1.54 bits per heavy atom. The van der Waals surface area contributed by atoms with E-state index in [1.165, 1.54) is 25.0 Å². The summed E-state index contributed by atoms with van der Waals surface area (Å²) in [5, 5.41) is 0. The van der Waals surface area contributed by atoms with Crippen LogP contribution in [0.2, 0.25) is 0 Å². The zero-order chi connectivity index (χ0) is 9.14. The zero-order valence-corrected chi connectivity index (χ0v) is 8.62. The Kier molecular flexibility index (Phi) is 5.60. The minimum atomic E-state index is 0. The van der Waals surface area contributed by atoms with E-state index in [4.69, 9.17) is 0 Å². The van der Waals surface area contributed by atoms with E-state index in [2.05, 4.69) is 25.8 Å². The topological polar surface area (TPSA) is 15.8 Å². The molecule has 1 rings (SSSR count). The fraction of sp³-hybridized carbons (Fsp3) is 0.600. The van der Waals surface area contributed by atoms with Crippen molar-refractivity contribution in [3.63, 3.8) is 0 Å². The summed E-state index contributed by atoms with van der Waals surface area (Å²) in [5.74, 6) is 0. The van der Waals surface area contributed by atoms with Crippen LogP contribution in [-0.2, 0) is 19.3 Å². The third-order valence-electron chi connectivity index (χ3n) is 2.15. The Labute approximate surface area is 94.3 Å². The molecule has 0 saturated heterocycles. The predicted octanol–water partition coefficient (Wildman–Crippen LogP) is -2.30. The van der Waals surface area contributed by atoms with Crippen LogP contribution in [0.1, 0.15) is 37.6 Å². The number of hydrogen-bond acceptors (Lipinski definition) is 0. The second kappa shape index (κ2) is 5.63. The molecule has 68 valence electrons. The maximum absolute atomic E-state index is 3.58. The maximum atomic E-state index is 3.58. The van der Waals surface area contributed by atoms with Crippen molar-refractivity contribution in [1.82, 2.24) is 4.98 Å². The molecule has 1 aromatic heterocycles. The van der Waals surface area contributed by atoms with Crippen molar-refractivity contribution in [2.24, 2.45) is 0 Å². The van der Waals surface area contributed by atoms with Crippen molar-refractivity contribution >= 4 is 13.4 Å². The SMILES string of the molecule is [BH3-]c1[nH]c(CC)c(CC)c1CC.[Li+]. The van der Waals surface area contributed by atoms with Gasteiger partial charge in [0.05, 0.1) is 0 Å². The molecule has 1 nitrogen and oxygen atoms in total. The van der Waals surface area contributed by atoms with Crippen molar-refractivity contribution < 1.29 is 18.9 Å². The molecule has 0 aliphatic heterocycles. The van der Waals surface area contributed by atoms with E-state index in [9.17, 15) is 0 Å². The van der Waals surface area contributed by atoms with Gasteiger partial charge in [0.15, 0.2) is 0 Å². The van der Waals surface area contributed by atoms with Gasteiger partial charge in [-0.15, -0.1) is 0 Å². The fourth-order valence-electron chi connectivity index (χ4n) is 1.51. The van der Waals surface area contributed by atoms with Gasteiger partial charge in [-0.1, -0.05) is 26.3 Å². The van der Waals surface area contributed by atoms with E-state index in [-0.39, 0.29) is 18.9 Å². The Bertz CT molecular complexity index is 268. The molecule has 0 fully saturated rings. The zero-order valence-electron chi connectivity index (χ0n) is 8.62. The van der Waals surface area contributed by atoms with Gasteiger partial charge in [-0.2, -0.15) is 5.59 Å². The Morgan fingerprint density at radius 1 is 1.00 bits per heavy atom. The summed E-state index contributed by atoms with van der Waals surface area (Å²) >= 11 is 0. The first kappa shape index (κ1) is 12.9. The normalized spacial score (nSPS) is 9.85. The standard InChI is InChI=1S/C10H19BN.Li/c1-4-7-8(5-2)10(11)12-9(7)6-3;/h12H,4-6H2,1-3,11H3;/q-1;+1. The van der Waals surface area contributed by atoms with Gasteiger partial charge in [0, 0.05) is 5.69 Å². The number of aryl methyl sites for hydroxylation is 1. The van der Waals surface area contributed by atoms with Crippen molar-refractivity contribution in [3.05, 3.63) is 16.8 Å². The average molecular weight is 171 g/mol. The van der Waals surface area contributed by atoms with Crippen LogP contribution in [0.25, 0.3) is 0 Å². The predicted molar refractivity (Wildman–Crippen MR) is 58.5 cm³/mol. The average Bonchev–Trinajstić information content (AvgIpc) is 2.40. The Balaban J connectivity index is 0.00000144. The van der Waals surface area contributed by atoms with E-state index >= 15 is 0 Å². The van der Waals surface area contributed by atoms with Crippen molar-refractivity contribution in [3.8, 4) is 0 Å². The monoisotopic (exact) mass is 171 g/mol. The van der Waals surface area contributed by atoms with Gasteiger partial charge in [0.2, 0.25) is 0 Å². The Morgan fingerprint density at radius 3 is 1.92 bits per heavy atom. The van der Waals surface area contributed by atoms with Crippen LogP contribution in [0.15, 0.2) is 0 Å². The first-order chi connectivity index (χ1) is 5.74. The molecule has 0 amide bonds. The number of hydrogen-bond donors (Lipinski definition) is 1. The molecule has 1 heterocycles. The van der Waals surface area contributed by atoms with Crippen molar-refractivity contribution in [1.29, 1.82) is 0 Å². The summed E-state index contributed by atoms with van der Waals surface area (Å²) in [6.07, 6.45) is 3.59. The maximum Gasteiger partial charge on any atom is 1.00 e. The molecule has 1 N–H and O–H groups in total. The first-order valence-electron chi connectivity index (χ1n) is 4.43. The molecule has 0 aliphatic carbocycles. The summed E-state index contributed by atoms with van der Waals surface area (Å²) in [4.78, 5) is 3.58. The van der Waals surface area contributed by atoms with Gasteiger partial charge in [0.1, 0.15) is 0 Å². The molecular formula is C10H19BLiN. The van der Waals surface area contributed by atoms with E-state index in [1.807, 2.05) is 0 Å².